The monoisotopic (exact) mass is 295 g/mol. The van der Waals surface area contributed by atoms with Gasteiger partial charge in [0.05, 0.1) is 17.8 Å². The van der Waals surface area contributed by atoms with E-state index in [9.17, 15) is 10.1 Å². The van der Waals surface area contributed by atoms with Crippen LogP contribution in [0.3, 0.4) is 0 Å². The van der Waals surface area contributed by atoms with Gasteiger partial charge < -0.3 is 10.1 Å². The van der Waals surface area contributed by atoms with Crippen LogP contribution in [0.15, 0.2) is 34.9 Å². The third-order valence-electron chi connectivity index (χ3n) is 2.30. The Labute approximate surface area is 106 Å². The third-order valence-corrected chi connectivity index (χ3v) is 2.86. The molecular formula is C11H10BrN3O2. The Morgan fingerprint density at radius 2 is 2.29 bits per heavy atom. The van der Waals surface area contributed by atoms with Gasteiger partial charge in [-0.05, 0) is 33.3 Å². The van der Waals surface area contributed by atoms with Gasteiger partial charge in [0.2, 0.25) is 0 Å². The molecule has 0 saturated carbocycles. The van der Waals surface area contributed by atoms with E-state index in [1.165, 1.54) is 0 Å². The van der Waals surface area contributed by atoms with Crippen LogP contribution in [0.4, 0.5) is 5.82 Å². The van der Waals surface area contributed by atoms with Gasteiger partial charge in [0.1, 0.15) is 4.47 Å². The van der Waals surface area contributed by atoms with Crippen molar-refractivity contribution < 1.29 is 4.92 Å². The van der Waals surface area contributed by atoms with Gasteiger partial charge in [-0.15, -0.1) is 0 Å². The van der Waals surface area contributed by atoms with Gasteiger partial charge in [-0.1, -0.05) is 29.8 Å². The van der Waals surface area contributed by atoms with Crippen molar-refractivity contribution in [3.63, 3.8) is 0 Å². The van der Waals surface area contributed by atoms with Crippen molar-refractivity contribution in [3.05, 3.63) is 56.2 Å². The van der Waals surface area contributed by atoms with E-state index in [1.807, 2.05) is 31.2 Å². The zero-order valence-corrected chi connectivity index (χ0v) is 10.7. The highest BCUT2D eigenvalue weighted by atomic mass is 79.9. The topological polar surface area (TPSA) is 61.0 Å². The molecule has 17 heavy (non-hydrogen) atoms. The Bertz CT molecular complexity index is 566. The highest BCUT2D eigenvalue weighted by Crippen LogP contribution is 2.22. The molecule has 0 aliphatic heterocycles. The summed E-state index contributed by atoms with van der Waals surface area (Å²) in [6.45, 7) is 2.53. The molecule has 1 aromatic carbocycles. The molecule has 0 aliphatic rings. The molecule has 88 valence electrons. The molecule has 6 heteroatoms. The number of hydrogen-bond donors (Lipinski definition) is 0. The fraction of sp³-hybridized carbons (Fsp3) is 0.182. The summed E-state index contributed by atoms with van der Waals surface area (Å²) in [6, 6.07) is 7.96. The Balaban J connectivity index is 2.25. The second-order valence-electron chi connectivity index (χ2n) is 3.74. The van der Waals surface area contributed by atoms with Crippen LogP contribution in [0.5, 0.6) is 0 Å². The van der Waals surface area contributed by atoms with E-state index in [0.29, 0.717) is 11.0 Å². The van der Waals surface area contributed by atoms with Crippen LogP contribution in [0.2, 0.25) is 0 Å². The van der Waals surface area contributed by atoms with Crippen molar-refractivity contribution in [3.8, 4) is 0 Å². The van der Waals surface area contributed by atoms with Gasteiger partial charge in [-0.3, -0.25) is 0 Å². The molecule has 2 aromatic rings. The predicted octanol–water partition coefficient (Wildman–Crippen LogP) is 2.91. The number of hydrogen-bond acceptors (Lipinski definition) is 3. The summed E-state index contributed by atoms with van der Waals surface area (Å²) in [6.07, 6.45) is 1.61. The van der Waals surface area contributed by atoms with E-state index < -0.39 is 4.92 Å². The molecule has 1 heterocycles. The summed E-state index contributed by atoms with van der Waals surface area (Å²) in [5.74, 6) is -0.155. The number of nitro groups is 1. The summed E-state index contributed by atoms with van der Waals surface area (Å²) < 4.78 is 1.95. The van der Waals surface area contributed by atoms with Gasteiger partial charge in [0.15, 0.2) is 0 Å². The fourth-order valence-corrected chi connectivity index (χ4v) is 2.05. The normalized spacial score (nSPS) is 10.5. The highest BCUT2D eigenvalue weighted by molar-refractivity contribution is 9.10. The largest absolute Gasteiger partial charge is 0.404 e. The standard InChI is InChI=1S/C11H10BrN3O2/c1-8-3-2-4-9(5-8)6-14-7-10(12)11(13-14)15(16)17/h2-5,7H,6H2,1H3. The van der Waals surface area contributed by atoms with Crippen LogP contribution in [-0.4, -0.2) is 14.7 Å². The van der Waals surface area contributed by atoms with Crippen LogP contribution < -0.4 is 0 Å². The molecule has 0 radical (unpaired) electrons. The molecule has 0 bridgehead atoms. The molecule has 0 fully saturated rings. The third kappa shape index (κ3) is 2.71. The number of rotatable bonds is 3. The second kappa shape index (κ2) is 4.67. The van der Waals surface area contributed by atoms with Crippen molar-refractivity contribution in [2.45, 2.75) is 13.5 Å². The average Bonchev–Trinajstić information content (AvgIpc) is 2.59. The van der Waals surface area contributed by atoms with Gasteiger partial charge >= 0.3 is 5.82 Å². The van der Waals surface area contributed by atoms with Crippen molar-refractivity contribution in [2.75, 3.05) is 0 Å². The molecule has 0 atom stereocenters. The Morgan fingerprint density at radius 3 is 2.88 bits per heavy atom. The first-order valence-electron chi connectivity index (χ1n) is 4.99. The lowest BCUT2D eigenvalue weighted by Crippen LogP contribution is -2.01. The quantitative estimate of drug-likeness (QED) is 0.646. The van der Waals surface area contributed by atoms with Crippen molar-refractivity contribution in [1.29, 1.82) is 0 Å². The number of nitrogens with zero attached hydrogens (tertiary/aromatic N) is 3. The van der Waals surface area contributed by atoms with E-state index in [-0.39, 0.29) is 5.82 Å². The van der Waals surface area contributed by atoms with E-state index in [4.69, 9.17) is 0 Å². The number of aromatic nitrogens is 2. The maximum absolute atomic E-state index is 10.6. The van der Waals surface area contributed by atoms with Gasteiger partial charge in [-0.25, -0.2) is 0 Å². The first kappa shape index (κ1) is 11.8. The van der Waals surface area contributed by atoms with Crippen LogP contribution in [-0.2, 0) is 6.54 Å². The first-order chi connectivity index (χ1) is 8.06. The maximum atomic E-state index is 10.6. The Kier molecular flexibility index (Phi) is 3.23. The predicted molar refractivity (Wildman–Crippen MR) is 66.9 cm³/mol. The summed E-state index contributed by atoms with van der Waals surface area (Å²) in [7, 11) is 0. The Hall–Kier alpha value is -1.69. The van der Waals surface area contributed by atoms with E-state index >= 15 is 0 Å². The Morgan fingerprint density at radius 1 is 1.53 bits per heavy atom. The zero-order valence-electron chi connectivity index (χ0n) is 9.13. The molecule has 5 nitrogen and oxygen atoms in total. The highest BCUT2D eigenvalue weighted by Gasteiger charge is 2.18. The molecule has 0 N–H and O–H groups in total. The summed E-state index contributed by atoms with van der Waals surface area (Å²) in [4.78, 5) is 10.1. The zero-order chi connectivity index (χ0) is 12.4. The van der Waals surface area contributed by atoms with Crippen LogP contribution in [0.25, 0.3) is 0 Å². The summed E-state index contributed by atoms with van der Waals surface area (Å²) in [5, 5.41) is 14.5. The molecule has 0 aliphatic carbocycles. The minimum absolute atomic E-state index is 0.155. The molecule has 0 spiro atoms. The average molecular weight is 296 g/mol. The van der Waals surface area contributed by atoms with E-state index in [2.05, 4.69) is 21.0 Å². The van der Waals surface area contributed by atoms with Gasteiger partial charge in [-0.2, -0.15) is 4.68 Å². The molecule has 0 unspecified atom stereocenters. The van der Waals surface area contributed by atoms with Gasteiger partial charge in [0.25, 0.3) is 0 Å². The second-order valence-corrected chi connectivity index (χ2v) is 4.60. The fourth-order valence-electron chi connectivity index (χ4n) is 1.59. The SMILES string of the molecule is Cc1cccc(Cn2cc(Br)c([N+](=O)[O-])n2)c1. The number of benzene rings is 1. The van der Waals surface area contributed by atoms with Crippen molar-refractivity contribution in [1.82, 2.24) is 9.78 Å². The van der Waals surface area contributed by atoms with Crippen LogP contribution in [0.1, 0.15) is 11.1 Å². The van der Waals surface area contributed by atoms with Crippen LogP contribution >= 0.6 is 15.9 Å². The molecule has 2 rings (SSSR count). The minimum Gasteiger partial charge on any atom is -0.358 e. The molecule has 0 amide bonds. The van der Waals surface area contributed by atoms with E-state index in [1.54, 1.807) is 10.9 Å². The lowest BCUT2D eigenvalue weighted by Gasteiger charge is -1.99. The lowest BCUT2D eigenvalue weighted by molar-refractivity contribution is -0.390. The van der Waals surface area contributed by atoms with Gasteiger partial charge in [0, 0.05) is 0 Å². The number of halogens is 1. The molecule has 0 saturated heterocycles. The van der Waals surface area contributed by atoms with Crippen LogP contribution in [0, 0.1) is 17.0 Å². The van der Waals surface area contributed by atoms with Crippen molar-refractivity contribution >= 4 is 21.7 Å². The maximum Gasteiger partial charge on any atom is 0.404 e. The molecule has 1 aromatic heterocycles. The molecular weight excluding hydrogens is 286 g/mol. The number of aryl methyl sites for hydroxylation is 1. The minimum atomic E-state index is -0.503. The lowest BCUT2D eigenvalue weighted by atomic mass is 10.1. The van der Waals surface area contributed by atoms with E-state index in [0.717, 1.165) is 11.1 Å². The summed E-state index contributed by atoms with van der Waals surface area (Å²) >= 11 is 3.12. The smallest absolute Gasteiger partial charge is 0.358 e. The van der Waals surface area contributed by atoms with Crippen molar-refractivity contribution in [2.24, 2.45) is 0 Å². The summed E-state index contributed by atoms with van der Waals surface area (Å²) in [5.41, 5.74) is 2.22. The first-order valence-corrected chi connectivity index (χ1v) is 5.78.